The highest BCUT2D eigenvalue weighted by molar-refractivity contribution is 6.00. The second kappa shape index (κ2) is 10.4. The Balaban J connectivity index is 1.46. The lowest BCUT2D eigenvalue weighted by Gasteiger charge is -2.45. The van der Waals surface area contributed by atoms with Gasteiger partial charge >= 0.3 is 0 Å². The van der Waals surface area contributed by atoms with Gasteiger partial charge in [-0.1, -0.05) is 56.4 Å². The van der Waals surface area contributed by atoms with Crippen molar-refractivity contribution in [2.45, 2.75) is 83.3 Å². The van der Waals surface area contributed by atoms with Crippen molar-refractivity contribution < 1.29 is 14.0 Å². The molecule has 1 N–H and O–H groups in total. The van der Waals surface area contributed by atoms with Crippen molar-refractivity contribution in [1.82, 2.24) is 14.8 Å². The minimum atomic E-state index is -1.00. The summed E-state index contributed by atoms with van der Waals surface area (Å²) in [4.78, 5) is 29.7. The van der Waals surface area contributed by atoms with E-state index in [1.165, 1.54) is 30.4 Å². The monoisotopic (exact) mass is 487 g/mol. The van der Waals surface area contributed by atoms with Crippen LogP contribution in [0.15, 0.2) is 59.2 Å². The largest absolute Gasteiger partial charge is 0.463 e. The minimum Gasteiger partial charge on any atom is -0.463 e. The van der Waals surface area contributed by atoms with Crippen molar-refractivity contribution in [1.29, 1.82) is 0 Å². The molecule has 2 amide bonds. The Morgan fingerprint density at radius 3 is 2.44 bits per heavy atom. The van der Waals surface area contributed by atoms with Crippen LogP contribution in [0.4, 0.5) is 0 Å². The summed E-state index contributed by atoms with van der Waals surface area (Å²) in [5.74, 6) is 0.532. The Labute approximate surface area is 213 Å². The van der Waals surface area contributed by atoms with Gasteiger partial charge in [-0.2, -0.15) is 0 Å². The van der Waals surface area contributed by atoms with Crippen LogP contribution in [0.1, 0.15) is 73.5 Å². The smallest absolute Gasteiger partial charge is 0.271 e. The van der Waals surface area contributed by atoms with Crippen LogP contribution >= 0.6 is 0 Å². The molecule has 1 aliphatic carbocycles. The van der Waals surface area contributed by atoms with Crippen LogP contribution < -0.4 is 5.32 Å². The molecule has 6 heteroatoms. The van der Waals surface area contributed by atoms with E-state index in [9.17, 15) is 9.59 Å². The molecule has 6 nitrogen and oxygen atoms in total. The summed E-state index contributed by atoms with van der Waals surface area (Å²) in [6, 6.07) is 15.9. The number of amides is 2. The highest BCUT2D eigenvalue weighted by atomic mass is 16.3. The highest BCUT2D eigenvalue weighted by Gasteiger charge is 2.48. The number of furan rings is 1. The van der Waals surface area contributed by atoms with Gasteiger partial charge in [0.25, 0.3) is 5.91 Å². The molecule has 3 aromatic rings. The minimum absolute atomic E-state index is 0.0593. The van der Waals surface area contributed by atoms with E-state index in [1.807, 2.05) is 47.9 Å². The summed E-state index contributed by atoms with van der Waals surface area (Å²) in [6.45, 7) is 4.90. The topological polar surface area (TPSA) is 67.5 Å². The van der Waals surface area contributed by atoms with Gasteiger partial charge in [-0.05, 0) is 68.5 Å². The van der Waals surface area contributed by atoms with E-state index in [2.05, 4.69) is 24.4 Å². The Morgan fingerprint density at radius 2 is 1.72 bits per heavy atom. The van der Waals surface area contributed by atoms with Crippen LogP contribution in [0.25, 0.3) is 11.5 Å². The van der Waals surface area contributed by atoms with Gasteiger partial charge < -0.3 is 19.2 Å². The van der Waals surface area contributed by atoms with E-state index < -0.39 is 5.54 Å². The lowest BCUT2D eigenvalue weighted by atomic mass is 9.91. The van der Waals surface area contributed by atoms with Gasteiger partial charge in [0.1, 0.15) is 17.0 Å². The van der Waals surface area contributed by atoms with E-state index in [-0.39, 0.29) is 17.9 Å². The molecule has 1 atom stereocenters. The average molecular weight is 488 g/mol. The summed E-state index contributed by atoms with van der Waals surface area (Å²) in [7, 11) is 0. The first-order valence-electron chi connectivity index (χ1n) is 13.4. The van der Waals surface area contributed by atoms with Crippen LogP contribution in [-0.4, -0.2) is 39.4 Å². The van der Waals surface area contributed by atoms with Crippen molar-refractivity contribution in [3.05, 3.63) is 71.6 Å². The number of hydrogen-bond acceptors (Lipinski definition) is 3. The van der Waals surface area contributed by atoms with E-state index in [4.69, 9.17) is 4.42 Å². The zero-order valence-electron chi connectivity index (χ0n) is 21.5. The number of rotatable bonds is 6. The van der Waals surface area contributed by atoms with E-state index in [1.54, 1.807) is 11.2 Å². The molecular weight excluding hydrogens is 450 g/mol. The molecular formula is C30H37N3O3. The predicted molar refractivity (Wildman–Crippen MR) is 141 cm³/mol. The Bertz CT molecular complexity index is 1200. The summed E-state index contributed by atoms with van der Waals surface area (Å²) in [6.07, 6.45) is 10.4. The third-order valence-corrected chi connectivity index (χ3v) is 8.08. The lowest BCUT2D eigenvalue weighted by Crippen LogP contribution is -2.65. The summed E-state index contributed by atoms with van der Waals surface area (Å²) < 4.78 is 7.62. The first-order chi connectivity index (χ1) is 17.5. The summed E-state index contributed by atoms with van der Waals surface area (Å²) in [5, 5.41) is 3.36. The zero-order chi connectivity index (χ0) is 25.1. The molecule has 1 saturated carbocycles. The molecule has 0 bridgehead atoms. The van der Waals surface area contributed by atoms with Crippen molar-refractivity contribution in [2.24, 2.45) is 0 Å². The molecule has 1 fully saturated rings. The number of nitrogens with one attached hydrogen (secondary N) is 1. The third kappa shape index (κ3) is 4.73. The number of carbonyl (C=O) groups is 2. The first-order valence-corrected chi connectivity index (χ1v) is 13.4. The Morgan fingerprint density at radius 1 is 1.00 bits per heavy atom. The Hall–Kier alpha value is -3.28. The molecule has 190 valence electrons. The number of aromatic nitrogens is 1. The SMILES string of the molecule is Cc1ccccc1CCN1C(=O)c2ccc(-c3ccco3)n2C[C@]1(C)C(=O)NC1CCCCCCC1. The fourth-order valence-electron chi connectivity index (χ4n) is 5.83. The van der Waals surface area contributed by atoms with Crippen LogP contribution in [0.3, 0.4) is 0 Å². The molecule has 2 aromatic heterocycles. The van der Waals surface area contributed by atoms with Crippen LogP contribution in [-0.2, 0) is 17.8 Å². The second-order valence-corrected chi connectivity index (χ2v) is 10.6. The molecule has 1 aliphatic heterocycles. The summed E-state index contributed by atoms with van der Waals surface area (Å²) in [5.41, 5.74) is 2.82. The number of aryl methyl sites for hydroxylation is 1. The number of fused-ring (bicyclic) bond motifs is 1. The maximum absolute atomic E-state index is 14.0. The summed E-state index contributed by atoms with van der Waals surface area (Å²) >= 11 is 0. The average Bonchev–Trinajstić information content (AvgIpc) is 3.51. The number of carbonyl (C=O) groups excluding carboxylic acids is 2. The van der Waals surface area contributed by atoms with E-state index in [0.717, 1.165) is 31.4 Å². The van der Waals surface area contributed by atoms with Gasteiger partial charge in [0.2, 0.25) is 5.91 Å². The van der Waals surface area contributed by atoms with Gasteiger partial charge in [0, 0.05) is 12.6 Å². The standard InChI is InChI=1S/C30H37N3O3/c1-22-11-8-9-12-23(22)18-19-33-28(34)26-17-16-25(27-15-10-20-36-27)32(26)21-30(33,2)29(35)31-24-13-6-4-3-5-7-14-24/h8-12,15-17,20,24H,3-7,13-14,18-19,21H2,1-2H3,(H,31,35)/t30-/m1/s1. The van der Waals surface area contributed by atoms with Crippen molar-refractivity contribution >= 4 is 11.8 Å². The molecule has 2 aliphatic rings. The Kier molecular flexibility index (Phi) is 7.04. The van der Waals surface area contributed by atoms with Crippen LogP contribution in [0.2, 0.25) is 0 Å². The predicted octanol–water partition coefficient (Wildman–Crippen LogP) is 5.74. The molecule has 0 unspecified atom stereocenters. The molecule has 0 spiro atoms. The van der Waals surface area contributed by atoms with Crippen LogP contribution in [0, 0.1) is 6.92 Å². The first kappa shape index (κ1) is 24.4. The van der Waals surface area contributed by atoms with Gasteiger partial charge in [-0.25, -0.2) is 0 Å². The van der Waals surface area contributed by atoms with Crippen molar-refractivity contribution in [3.8, 4) is 11.5 Å². The maximum Gasteiger partial charge on any atom is 0.271 e. The molecule has 0 radical (unpaired) electrons. The van der Waals surface area contributed by atoms with Crippen LogP contribution in [0.5, 0.6) is 0 Å². The van der Waals surface area contributed by atoms with Crippen molar-refractivity contribution in [2.75, 3.05) is 6.54 Å². The molecule has 1 aromatic carbocycles. The molecule has 5 rings (SSSR count). The zero-order valence-corrected chi connectivity index (χ0v) is 21.5. The fraction of sp³-hybridized carbons (Fsp3) is 0.467. The van der Waals surface area contributed by atoms with Crippen molar-refractivity contribution in [3.63, 3.8) is 0 Å². The lowest BCUT2D eigenvalue weighted by molar-refractivity contribution is -0.133. The number of hydrogen-bond donors (Lipinski definition) is 1. The molecule has 0 saturated heterocycles. The quantitative estimate of drug-likeness (QED) is 0.482. The maximum atomic E-state index is 14.0. The molecule has 36 heavy (non-hydrogen) atoms. The van der Waals surface area contributed by atoms with Gasteiger partial charge in [0.05, 0.1) is 18.5 Å². The second-order valence-electron chi connectivity index (χ2n) is 10.6. The number of nitrogens with zero attached hydrogens (tertiary/aromatic N) is 2. The van der Waals surface area contributed by atoms with E-state index in [0.29, 0.717) is 31.0 Å². The van der Waals surface area contributed by atoms with Gasteiger partial charge in [-0.15, -0.1) is 0 Å². The van der Waals surface area contributed by atoms with Gasteiger partial charge in [-0.3, -0.25) is 9.59 Å². The molecule has 3 heterocycles. The van der Waals surface area contributed by atoms with E-state index >= 15 is 0 Å². The fourth-order valence-corrected chi connectivity index (χ4v) is 5.83. The highest BCUT2D eigenvalue weighted by Crippen LogP contribution is 2.34. The number of benzene rings is 1. The van der Waals surface area contributed by atoms with Gasteiger partial charge in [0.15, 0.2) is 0 Å². The normalized spacial score (nSPS) is 21.1. The third-order valence-electron chi connectivity index (χ3n) is 8.08.